The quantitative estimate of drug-likeness (QED) is 0.906. The highest BCUT2D eigenvalue weighted by Crippen LogP contribution is 2.35. The van der Waals surface area contributed by atoms with Crippen LogP contribution in [0.3, 0.4) is 0 Å². The van der Waals surface area contributed by atoms with Crippen molar-refractivity contribution in [3.63, 3.8) is 0 Å². The van der Waals surface area contributed by atoms with E-state index in [1.165, 1.54) is 5.56 Å². The smallest absolute Gasteiger partial charge is 0.122 e. The van der Waals surface area contributed by atoms with Gasteiger partial charge in [-0.3, -0.25) is 0 Å². The number of benzene rings is 2. The summed E-state index contributed by atoms with van der Waals surface area (Å²) >= 11 is 0. The lowest BCUT2D eigenvalue weighted by Crippen LogP contribution is -2.38. The molecule has 0 spiro atoms. The van der Waals surface area contributed by atoms with Crippen molar-refractivity contribution in [2.24, 2.45) is 0 Å². The SMILES string of the molecule is COc1cccc2c1CCC(NCc1ccccc1)C2O. The Morgan fingerprint density at radius 1 is 1.14 bits per heavy atom. The fourth-order valence-corrected chi connectivity index (χ4v) is 3.05. The molecule has 0 heterocycles. The Hall–Kier alpha value is -1.84. The molecule has 2 aromatic rings. The van der Waals surface area contributed by atoms with E-state index in [1.54, 1.807) is 7.11 Å². The molecule has 1 aliphatic carbocycles. The van der Waals surface area contributed by atoms with Gasteiger partial charge in [0.2, 0.25) is 0 Å². The number of rotatable bonds is 4. The Morgan fingerprint density at radius 2 is 1.95 bits per heavy atom. The van der Waals surface area contributed by atoms with Crippen LogP contribution in [-0.2, 0) is 13.0 Å². The van der Waals surface area contributed by atoms with E-state index in [4.69, 9.17) is 4.74 Å². The third-order valence-electron chi connectivity index (χ3n) is 4.21. The van der Waals surface area contributed by atoms with Gasteiger partial charge in [0.15, 0.2) is 0 Å². The summed E-state index contributed by atoms with van der Waals surface area (Å²) in [7, 11) is 1.68. The van der Waals surface area contributed by atoms with Gasteiger partial charge in [0.1, 0.15) is 5.75 Å². The van der Waals surface area contributed by atoms with Crippen LogP contribution in [0.15, 0.2) is 48.5 Å². The van der Waals surface area contributed by atoms with Gasteiger partial charge < -0.3 is 15.2 Å². The van der Waals surface area contributed by atoms with Gasteiger partial charge in [-0.2, -0.15) is 0 Å². The minimum absolute atomic E-state index is 0.0878. The van der Waals surface area contributed by atoms with Crippen LogP contribution in [0.2, 0.25) is 0 Å². The second-order valence-corrected chi connectivity index (χ2v) is 5.48. The molecule has 3 heteroatoms. The largest absolute Gasteiger partial charge is 0.496 e. The van der Waals surface area contributed by atoms with Gasteiger partial charge in [0, 0.05) is 18.2 Å². The fourth-order valence-electron chi connectivity index (χ4n) is 3.05. The van der Waals surface area contributed by atoms with Crippen LogP contribution in [-0.4, -0.2) is 18.3 Å². The molecule has 0 amide bonds. The van der Waals surface area contributed by atoms with Crippen LogP contribution >= 0.6 is 0 Å². The lowest BCUT2D eigenvalue weighted by atomic mass is 9.85. The molecule has 0 bridgehead atoms. The zero-order valence-electron chi connectivity index (χ0n) is 12.3. The molecule has 0 radical (unpaired) electrons. The van der Waals surface area contributed by atoms with E-state index in [1.807, 2.05) is 36.4 Å². The molecular formula is C18H21NO2. The molecule has 21 heavy (non-hydrogen) atoms. The summed E-state index contributed by atoms with van der Waals surface area (Å²) in [6.07, 6.45) is 1.37. The molecule has 1 aliphatic rings. The lowest BCUT2D eigenvalue weighted by molar-refractivity contribution is 0.113. The number of nitrogens with one attached hydrogen (secondary N) is 1. The maximum absolute atomic E-state index is 10.6. The summed E-state index contributed by atoms with van der Waals surface area (Å²) in [5.41, 5.74) is 3.37. The number of methoxy groups -OCH3 is 1. The summed E-state index contributed by atoms with van der Waals surface area (Å²) < 4.78 is 5.39. The third kappa shape index (κ3) is 2.94. The van der Waals surface area contributed by atoms with Crippen molar-refractivity contribution >= 4 is 0 Å². The number of hydrogen-bond acceptors (Lipinski definition) is 3. The maximum atomic E-state index is 10.6. The first-order valence-corrected chi connectivity index (χ1v) is 7.40. The Bertz CT molecular complexity index is 597. The van der Waals surface area contributed by atoms with Gasteiger partial charge in [-0.25, -0.2) is 0 Å². The van der Waals surface area contributed by atoms with Gasteiger partial charge in [-0.05, 0) is 30.0 Å². The van der Waals surface area contributed by atoms with Gasteiger partial charge in [-0.15, -0.1) is 0 Å². The molecule has 2 atom stereocenters. The zero-order valence-corrected chi connectivity index (χ0v) is 12.3. The predicted octanol–water partition coefficient (Wildman–Crippen LogP) is 2.83. The summed E-state index contributed by atoms with van der Waals surface area (Å²) in [6.45, 7) is 0.780. The number of aliphatic hydroxyl groups is 1. The van der Waals surface area contributed by atoms with Crippen molar-refractivity contribution in [2.75, 3.05) is 7.11 Å². The Labute approximate surface area is 125 Å². The predicted molar refractivity (Wildman–Crippen MR) is 83.3 cm³/mol. The fraction of sp³-hybridized carbons (Fsp3) is 0.333. The molecule has 110 valence electrons. The van der Waals surface area contributed by atoms with Crippen molar-refractivity contribution in [2.45, 2.75) is 31.5 Å². The highest BCUT2D eigenvalue weighted by Gasteiger charge is 2.29. The summed E-state index contributed by atoms with van der Waals surface area (Å²) in [4.78, 5) is 0. The van der Waals surface area contributed by atoms with Crippen LogP contribution in [0.5, 0.6) is 5.75 Å². The minimum Gasteiger partial charge on any atom is -0.496 e. The van der Waals surface area contributed by atoms with E-state index in [9.17, 15) is 5.11 Å². The highest BCUT2D eigenvalue weighted by molar-refractivity contribution is 5.43. The molecule has 0 saturated heterocycles. The van der Waals surface area contributed by atoms with Crippen molar-refractivity contribution in [1.29, 1.82) is 0 Å². The Morgan fingerprint density at radius 3 is 2.71 bits per heavy atom. The zero-order chi connectivity index (χ0) is 14.7. The van der Waals surface area contributed by atoms with E-state index < -0.39 is 6.10 Å². The van der Waals surface area contributed by atoms with Crippen molar-refractivity contribution in [3.05, 3.63) is 65.2 Å². The van der Waals surface area contributed by atoms with E-state index >= 15 is 0 Å². The molecule has 0 aliphatic heterocycles. The molecular weight excluding hydrogens is 262 g/mol. The Balaban J connectivity index is 1.72. The first kappa shape index (κ1) is 14.1. The molecule has 2 N–H and O–H groups in total. The second kappa shape index (κ2) is 6.29. The molecule has 0 saturated carbocycles. The molecule has 0 fully saturated rings. The number of fused-ring (bicyclic) bond motifs is 1. The standard InChI is InChI=1S/C18H21NO2/c1-21-17-9-5-8-15-14(17)10-11-16(18(15)20)19-12-13-6-3-2-4-7-13/h2-9,16,18-20H,10-12H2,1H3. The van der Waals surface area contributed by atoms with Crippen LogP contribution in [0.1, 0.15) is 29.2 Å². The normalized spacial score (nSPS) is 20.9. The lowest BCUT2D eigenvalue weighted by Gasteiger charge is -2.31. The van der Waals surface area contributed by atoms with Crippen LogP contribution < -0.4 is 10.1 Å². The van der Waals surface area contributed by atoms with Crippen LogP contribution in [0.25, 0.3) is 0 Å². The first-order valence-electron chi connectivity index (χ1n) is 7.40. The number of aliphatic hydroxyl groups excluding tert-OH is 1. The topological polar surface area (TPSA) is 41.5 Å². The van der Waals surface area contributed by atoms with Gasteiger partial charge in [0.05, 0.1) is 13.2 Å². The number of hydrogen-bond donors (Lipinski definition) is 2. The molecule has 2 unspecified atom stereocenters. The molecule has 0 aromatic heterocycles. The van der Waals surface area contributed by atoms with Gasteiger partial charge in [0.25, 0.3) is 0 Å². The second-order valence-electron chi connectivity index (χ2n) is 5.48. The first-order chi connectivity index (χ1) is 10.3. The van der Waals surface area contributed by atoms with Crippen LogP contribution in [0, 0.1) is 0 Å². The average Bonchev–Trinajstić information content (AvgIpc) is 2.55. The van der Waals surface area contributed by atoms with E-state index in [2.05, 4.69) is 17.4 Å². The van der Waals surface area contributed by atoms with Crippen molar-refractivity contribution < 1.29 is 9.84 Å². The van der Waals surface area contributed by atoms with Gasteiger partial charge >= 0.3 is 0 Å². The molecule has 3 nitrogen and oxygen atoms in total. The van der Waals surface area contributed by atoms with Crippen molar-refractivity contribution in [3.8, 4) is 5.75 Å². The number of ether oxygens (including phenoxy) is 1. The minimum atomic E-state index is -0.479. The van der Waals surface area contributed by atoms with E-state index in [-0.39, 0.29) is 6.04 Å². The average molecular weight is 283 g/mol. The summed E-state index contributed by atoms with van der Waals surface area (Å²) in [5.74, 6) is 0.882. The highest BCUT2D eigenvalue weighted by atomic mass is 16.5. The third-order valence-corrected chi connectivity index (χ3v) is 4.21. The van der Waals surface area contributed by atoms with E-state index in [0.29, 0.717) is 0 Å². The van der Waals surface area contributed by atoms with Gasteiger partial charge in [-0.1, -0.05) is 42.5 Å². The molecule has 2 aromatic carbocycles. The van der Waals surface area contributed by atoms with Crippen molar-refractivity contribution in [1.82, 2.24) is 5.32 Å². The van der Waals surface area contributed by atoms with Crippen LogP contribution in [0.4, 0.5) is 0 Å². The van der Waals surface area contributed by atoms with E-state index in [0.717, 1.165) is 36.3 Å². The summed E-state index contributed by atoms with van der Waals surface area (Å²) in [6, 6.07) is 16.3. The monoisotopic (exact) mass is 283 g/mol. The summed E-state index contributed by atoms with van der Waals surface area (Å²) in [5, 5.41) is 14.1. The Kier molecular flexibility index (Phi) is 4.23. The maximum Gasteiger partial charge on any atom is 0.122 e. The molecule has 3 rings (SSSR count).